The first-order valence-corrected chi connectivity index (χ1v) is 9.45. The van der Waals surface area contributed by atoms with Gasteiger partial charge in [0.15, 0.2) is 0 Å². The van der Waals surface area contributed by atoms with Gasteiger partial charge in [0.05, 0.1) is 6.61 Å². The average Bonchev–Trinajstić information content (AvgIpc) is 2.68. The second-order valence-electron chi connectivity index (χ2n) is 6.69. The van der Waals surface area contributed by atoms with Crippen molar-refractivity contribution in [3.8, 4) is 22.6 Å². The minimum Gasteiger partial charge on any atom is -0.493 e. The second kappa shape index (κ2) is 9.09. The van der Waals surface area contributed by atoms with Crippen molar-refractivity contribution >= 4 is 11.8 Å². The Morgan fingerprint density at radius 1 is 0.893 bits per heavy atom. The fraction of sp³-hybridized carbons (Fsp3) is 0.208. The first kappa shape index (κ1) is 19.5. The molecule has 0 bridgehead atoms. The van der Waals surface area contributed by atoms with Crippen LogP contribution in [0.2, 0.25) is 0 Å². The number of para-hydroxylation sites is 1. The molecule has 144 valence electrons. The van der Waals surface area contributed by atoms with Crippen LogP contribution in [0, 0.1) is 13.8 Å². The molecule has 0 spiro atoms. The maximum Gasteiger partial charge on any atom is 0.417 e. The van der Waals surface area contributed by atoms with E-state index in [1.807, 2.05) is 42.5 Å². The summed E-state index contributed by atoms with van der Waals surface area (Å²) in [4.78, 5) is 12.0. The van der Waals surface area contributed by atoms with E-state index in [1.54, 1.807) is 12.1 Å². The smallest absolute Gasteiger partial charge is 0.417 e. The van der Waals surface area contributed by atoms with E-state index in [4.69, 9.17) is 9.47 Å². The van der Waals surface area contributed by atoms with Crippen LogP contribution in [0.1, 0.15) is 24.5 Å². The lowest BCUT2D eigenvalue weighted by Gasteiger charge is -2.14. The third-order valence-electron chi connectivity index (χ3n) is 4.33. The van der Waals surface area contributed by atoms with Crippen molar-refractivity contribution in [2.75, 3.05) is 11.9 Å². The number of benzene rings is 3. The van der Waals surface area contributed by atoms with E-state index >= 15 is 0 Å². The Labute approximate surface area is 166 Å². The van der Waals surface area contributed by atoms with Crippen LogP contribution >= 0.6 is 0 Å². The molecule has 0 heterocycles. The lowest BCUT2D eigenvalue weighted by atomic mass is 9.99. The summed E-state index contributed by atoms with van der Waals surface area (Å²) >= 11 is 0. The Bertz CT molecular complexity index is 911. The highest BCUT2D eigenvalue weighted by molar-refractivity contribution is 5.86. The van der Waals surface area contributed by atoms with E-state index in [9.17, 15) is 4.79 Å². The highest BCUT2D eigenvalue weighted by Gasteiger charge is 2.09. The molecule has 1 amide bonds. The Hall–Kier alpha value is -3.27. The molecule has 0 fully saturated rings. The molecule has 4 heteroatoms. The van der Waals surface area contributed by atoms with Gasteiger partial charge in [-0.3, -0.25) is 5.32 Å². The molecule has 0 aliphatic rings. The van der Waals surface area contributed by atoms with Crippen molar-refractivity contribution in [2.45, 2.75) is 27.2 Å². The number of anilines is 1. The van der Waals surface area contributed by atoms with Gasteiger partial charge in [0.2, 0.25) is 0 Å². The third-order valence-corrected chi connectivity index (χ3v) is 4.33. The van der Waals surface area contributed by atoms with Crippen molar-refractivity contribution in [2.24, 2.45) is 0 Å². The van der Waals surface area contributed by atoms with Gasteiger partial charge in [0.25, 0.3) is 0 Å². The number of amides is 1. The van der Waals surface area contributed by atoms with Crippen molar-refractivity contribution in [1.29, 1.82) is 0 Å². The summed E-state index contributed by atoms with van der Waals surface area (Å²) in [5.74, 6) is 1.46. The first-order chi connectivity index (χ1) is 13.6. The van der Waals surface area contributed by atoms with Crippen LogP contribution in [0.25, 0.3) is 11.1 Å². The quantitative estimate of drug-likeness (QED) is 0.544. The zero-order chi connectivity index (χ0) is 19.9. The molecule has 3 aromatic carbocycles. The van der Waals surface area contributed by atoms with E-state index in [0.717, 1.165) is 41.0 Å². The van der Waals surface area contributed by atoms with Crippen molar-refractivity contribution in [3.63, 3.8) is 0 Å². The van der Waals surface area contributed by atoms with Crippen molar-refractivity contribution in [1.82, 2.24) is 0 Å². The number of hydrogen-bond acceptors (Lipinski definition) is 3. The highest BCUT2D eigenvalue weighted by atomic mass is 16.6. The number of ether oxygens (including phenoxy) is 2. The molecular formula is C24H25NO3. The molecule has 0 atom stereocenters. The molecule has 0 saturated carbocycles. The van der Waals surface area contributed by atoms with E-state index in [0.29, 0.717) is 11.4 Å². The number of carbonyl (C=O) groups excluding carboxylic acids is 1. The topological polar surface area (TPSA) is 47.6 Å². The molecule has 0 aliphatic heterocycles. The molecule has 4 nitrogen and oxygen atoms in total. The average molecular weight is 375 g/mol. The van der Waals surface area contributed by atoms with Gasteiger partial charge in [0.1, 0.15) is 11.5 Å². The zero-order valence-electron chi connectivity index (χ0n) is 16.5. The van der Waals surface area contributed by atoms with Crippen LogP contribution in [-0.2, 0) is 0 Å². The number of rotatable bonds is 6. The van der Waals surface area contributed by atoms with Crippen LogP contribution in [0.4, 0.5) is 10.5 Å². The molecular weight excluding hydrogens is 350 g/mol. The first-order valence-electron chi connectivity index (χ1n) is 9.45. The molecule has 3 rings (SSSR count). The SMILES string of the molecule is CCCOc1c(C)cc(-c2ccc(OC(=O)Nc3ccccc3)cc2)cc1C. The van der Waals surface area contributed by atoms with Crippen LogP contribution in [-0.4, -0.2) is 12.7 Å². The minimum atomic E-state index is -0.511. The van der Waals surface area contributed by atoms with Crippen molar-refractivity contribution in [3.05, 3.63) is 77.9 Å². The summed E-state index contributed by atoms with van der Waals surface area (Å²) in [6.07, 6.45) is 0.475. The third kappa shape index (κ3) is 4.92. The predicted octanol–water partition coefficient (Wildman–Crippen LogP) is 6.37. The number of aryl methyl sites for hydroxylation is 2. The molecule has 1 N–H and O–H groups in total. The lowest BCUT2D eigenvalue weighted by Crippen LogP contribution is -2.16. The van der Waals surface area contributed by atoms with Gasteiger partial charge in [-0.1, -0.05) is 37.3 Å². The van der Waals surface area contributed by atoms with Crippen LogP contribution in [0.15, 0.2) is 66.7 Å². The summed E-state index contributed by atoms with van der Waals surface area (Å²) in [6.45, 7) is 6.95. The largest absolute Gasteiger partial charge is 0.493 e. The van der Waals surface area contributed by atoms with E-state index < -0.39 is 6.09 Å². The van der Waals surface area contributed by atoms with Gasteiger partial charge >= 0.3 is 6.09 Å². The van der Waals surface area contributed by atoms with Crippen LogP contribution in [0.5, 0.6) is 11.5 Å². The fourth-order valence-electron chi connectivity index (χ4n) is 3.04. The highest BCUT2D eigenvalue weighted by Crippen LogP contribution is 2.31. The second-order valence-corrected chi connectivity index (χ2v) is 6.69. The van der Waals surface area contributed by atoms with Crippen LogP contribution < -0.4 is 14.8 Å². The van der Waals surface area contributed by atoms with E-state index in [2.05, 4.69) is 38.2 Å². The Kier molecular flexibility index (Phi) is 6.33. The fourth-order valence-corrected chi connectivity index (χ4v) is 3.04. The van der Waals surface area contributed by atoms with Crippen molar-refractivity contribution < 1.29 is 14.3 Å². The predicted molar refractivity (Wildman–Crippen MR) is 113 cm³/mol. The molecule has 3 aromatic rings. The number of nitrogens with one attached hydrogen (secondary N) is 1. The summed E-state index contributed by atoms with van der Waals surface area (Å²) in [5.41, 5.74) is 5.10. The molecule has 0 radical (unpaired) electrons. The Morgan fingerprint density at radius 2 is 1.54 bits per heavy atom. The maximum absolute atomic E-state index is 12.0. The van der Waals surface area contributed by atoms with E-state index in [-0.39, 0.29) is 0 Å². The van der Waals surface area contributed by atoms with Gasteiger partial charge in [-0.15, -0.1) is 0 Å². The van der Waals surface area contributed by atoms with Gasteiger partial charge in [-0.2, -0.15) is 0 Å². The van der Waals surface area contributed by atoms with E-state index in [1.165, 1.54) is 0 Å². The summed E-state index contributed by atoms with van der Waals surface area (Å²) in [5, 5.41) is 2.70. The van der Waals surface area contributed by atoms with Gasteiger partial charge in [-0.05, 0) is 78.9 Å². The van der Waals surface area contributed by atoms with Gasteiger partial charge < -0.3 is 9.47 Å². The number of hydrogen-bond donors (Lipinski definition) is 1. The summed E-state index contributed by atoms with van der Waals surface area (Å²) in [7, 11) is 0. The molecule has 0 aliphatic carbocycles. The maximum atomic E-state index is 12.0. The Morgan fingerprint density at radius 3 is 2.14 bits per heavy atom. The molecule has 0 saturated heterocycles. The van der Waals surface area contributed by atoms with Gasteiger partial charge in [-0.25, -0.2) is 4.79 Å². The monoisotopic (exact) mass is 375 g/mol. The zero-order valence-corrected chi connectivity index (χ0v) is 16.5. The van der Waals surface area contributed by atoms with Gasteiger partial charge in [0, 0.05) is 5.69 Å². The standard InChI is InChI=1S/C24H25NO3/c1-4-14-27-23-17(2)15-20(16-18(23)3)19-10-12-22(13-11-19)28-24(26)25-21-8-6-5-7-9-21/h5-13,15-16H,4,14H2,1-3H3,(H,25,26). The molecule has 0 aromatic heterocycles. The summed E-state index contributed by atoms with van der Waals surface area (Å²) in [6, 6.07) is 21.0. The normalized spacial score (nSPS) is 10.4. The van der Waals surface area contributed by atoms with Crippen LogP contribution in [0.3, 0.4) is 0 Å². The molecule has 28 heavy (non-hydrogen) atoms. The number of carbonyl (C=O) groups is 1. The molecule has 0 unspecified atom stereocenters. The minimum absolute atomic E-state index is 0.494. The summed E-state index contributed by atoms with van der Waals surface area (Å²) < 4.78 is 11.2. The lowest BCUT2D eigenvalue weighted by molar-refractivity contribution is 0.215. The Balaban J connectivity index is 1.69.